The van der Waals surface area contributed by atoms with Crippen LogP contribution in [-0.2, 0) is 0 Å². The SMILES string of the molecule is Cc1nnc(NCCC2CC2)c(C(=O)O)c1C. The zero-order chi connectivity index (χ0) is 12.4. The Morgan fingerprint density at radius 2 is 2.12 bits per heavy atom. The number of nitrogens with zero attached hydrogens (tertiary/aromatic N) is 2. The topological polar surface area (TPSA) is 75.1 Å². The molecule has 1 saturated carbocycles. The van der Waals surface area contributed by atoms with E-state index in [4.69, 9.17) is 0 Å². The van der Waals surface area contributed by atoms with Crippen molar-refractivity contribution in [3.05, 3.63) is 16.8 Å². The molecule has 1 aromatic rings. The van der Waals surface area contributed by atoms with E-state index >= 15 is 0 Å². The lowest BCUT2D eigenvalue weighted by molar-refractivity contribution is 0.0696. The number of carbonyl (C=O) groups is 1. The number of rotatable bonds is 5. The second kappa shape index (κ2) is 4.69. The fourth-order valence-electron chi connectivity index (χ4n) is 1.80. The van der Waals surface area contributed by atoms with Crippen molar-refractivity contribution < 1.29 is 9.90 Å². The first-order chi connectivity index (χ1) is 8.09. The molecule has 1 aliphatic carbocycles. The van der Waals surface area contributed by atoms with Crippen molar-refractivity contribution >= 4 is 11.8 Å². The third-order valence-corrected chi connectivity index (χ3v) is 3.21. The molecule has 1 aliphatic rings. The van der Waals surface area contributed by atoms with Crippen LogP contribution in [0, 0.1) is 19.8 Å². The number of hydrogen-bond donors (Lipinski definition) is 2. The Bertz CT molecular complexity index is 442. The molecule has 1 fully saturated rings. The Morgan fingerprint density at radius 1 is 1.41 bits per heavy atom. The van der Waals surface area contributed by atoms with Gasteiger partial charge in [0.05, 0.1) is 5.69 Å². The summed E-state index contributed by atoms with van der Waals surface area (Å²) in [5, 5.41) is 20.2. The minimum atomic E-state index is -0.950. The van der Waals surface area contributed by atoms with Gasteiger partial charge in [-0.25, -0.2) is 4.79 Å². The van der Waals surface area contributed by atoms with E-state index in [9.17, 15) is 9.90 Å². The van der Waals surface area contributed by atoms with Gasteiger partial charge in [0.1, 0.15) is 5.56 Å². The lowest BCUT2D eigenvalue weighted by Crippen LogP contribution is -2.14. The van der Waals surface area contributed by atoms with Gasteiger partial charge in [-0.15, -0.1) is 5.10 Å². The normalized spacial score (nSPS) is 14.7. The Balaban J connectivity index is 2.13. The lowest BCUT2D eigenvalue weighted by Gasteiger charge is -2.10. The maximum Gasteiger partial charge on any atom is 0.339 e. The highest BCUT2D eigenvalue weighted by atomic mass is 16.4. The van der Waals surface area contributed by atoms with Crippen LogP contribution in [0.4, 0.5) is 5.82 Å². The third-order valence-electron chi connectivity index (χ3n) is 3.21. The van der Waals surface area contributed by atoms with Gasteiger partial charge in [0, 0.05) is 6.54 Å². The smallest absolute Gasteiger partial charge is 0.339 e. The molecule has 0 bridgehead atoms. The lowest BCUT2D eigenvalue weighted by atomic mass is 10.1. The van der Waals surface area contributed by atoms with Gasteiger partial charge in [0.25, 0.3) is 0 Å². The summed E-state index contributed by atoms with van der Waals surface area (Å²) in [6.45, 7) is 4.30. The first kappa shape index (κ1) is 11.8. The molecule has 1 heterocycles. The third kappa shape index (κ3) is 2.72. The number of carboxylic acids is 1. The highest BCUT2D eigenvalue weighted by Gasteiger charge is 2.21. The summed E-state index contributed by atoms with van der Waals surface area (Å²) < 4.78 is 0. The summed E-state index contributed by atoms with van der Waals surface area (Å²) >= 11 is 0. The molecule has 17 heavy (non-hydrogen) atoms. The zero-order valence-corrected chi connectivity index (χ0v) is 10.2. The van der Waals surface area contributed by atoms with Crippen molar-refractivity contribution in [2.75, 3.05) is 11.9 Å². The van der Waals surface area contributed by atoms with Gasteiger partial charge in [-0.1, -0.05) is 12.8 Å². The number of aromatic nitrogens is 2. The van der Waals surface area contributed by atoms with Gasteiger partial charge in [0.2, 0.25) is 0 Å². The summed E-state index contributed by atoms with van der Waals surface area (Å²) in [7, 11) is 0. The summed E-state index contributed by atoms with van der Waals surface area (Å²) in [6, 6.07) is 0. The molecule has 0 spiro atoms. The first-order valence-electron chi connectivity index (χ1n) is 5.90. The summed E-state index contributed by atoms with van der Waals surface area (Å²) in [4.78, 5) is 11.2. The van der Waals surface area contributed by atoms with Crippen LogP contribution in [0.3, 0.4) is 0 Å². The molecule has 2 N–H and O–H groups in total. The second-order valence-corrected chi connectivity index (χ2v) is 4.60. The van der Waals surface area contributed by atoms with Crippen LogP contribution in [-0.4, -0.2) is 27.8 Å². The van der Waals surface area contributed by atoms with Gasteiger partial charge in [-0.05, 0) is 31.7 Å². The van der Waals surface area contributed by atoms with E-state index in [-0.39, 0.29) is 5.56 Å². The minimum absolute atomic E-state index is 0.244. The predicted octanol–water partition coefficient (Wildman–Crippen LogP) is 2.00. The number of aromatic carboxylic acids is 1. The molecule has 0 aliphatic heterocycles. The zero-order valence-electron chi connectivity index (χ0n) is 10.2. The van der Waals surface area contributed by atoms with Crippen molar-refractivity contribution in [2.24, 2.45) is 5.92 Å². The van der Waals surface area contributed by atoms with Gasteiger partial charge in [0.15, 0.2) is 5.82 Å². The van der Waals surface area contributed by atoms with E-state index in [1.165, 1.54) is 12.8 Å². The molecule has 1 aromatic heterocycles. The monoisotopic (exact) mass is 235 g/mol. The maximum absolute atomic E-state index is 11.2. The van der Waals surface area contributed by atoms with E-state index in [2.05, 4.69) is 15.5 Å². The standard InChI is InChI=1S/C12H17N3O2/c1-7-8(2)14-15-11(10(7)12(16)17)13-6-5-9-3-4-9/h9H,3-6H2,1-2H3,(H,13,15)(H,16,17). The van der Waals surface area contributed by atoms with E-state index in [0.29, 0.717) is 17.1 Å². The largest absolute Gasteiger partial charge is 0.478 e. The van der Waals surface area contributed by atoms with Crippen molar-refractivity contribution in [1.82, 2.24) is 10.2 Å². The Kier molecular flexibility index (Phi) is 3.26. The fourth-order valence-corrected chi connectivity index (χ4v) is 1.80. The Morgan fingerprint density at radius 3 is 2.71 bits per heavy atom. The molecule has 0 unspecified atom stereocenters. The maximum atomic E-state index is 11.2. The Labute approximate surface area is 100 Å². The highest BCUT2D eigenvalue weighted by molar-refractivity contribution is 5.94. The molecule has 0 atom stereocenters. The van der Waals surface area contributed by atoms with Crippen LogP contribution in [0.5, 0.6) is 0 Å². The van der Waals surface area contributed by atoms with Gasteiger partial charge < -0.3 is 10.4 Å². The first-order valence-corrected chi connectivity index (χ1v) is 5.90. The van der Waals surface area contributed by atoms with Crippen LogP contribution in [0.25, 0.3) is 0 Å². The molecule has 0 amide bonds. The number of hydrogen-bond acceptors (Lipinski definition) is 4. The summed E-state index contributed by atoms with van der Waals surface area (Å²) in [6.07, 6.45) is 3.67. The molecule has 5 nitrogen and oxygen atoms in total. The van der Waals surface area contributed by atoms with E-state index < -0.39 is 5.97 Å². The molecule has 0 aromatic carbocycles. The molecular weight excluding hydrogens is 218 g/mol. The quantitative estimate of drug-likeness (QED) is 0.816. The van der Waals surface area contributed by atoms with Crippen molar-refractivity contribution in [3.63, 3.8) is 0 Å². The molecule has 5 heteroatoms. The van der Waals surface area contributed by atoms with E-state index in [1.54, 1.807) is 13.8 Å². The Hall–Kier alpha value is -1.65. The van der Waals surface area contributed by atoms with Crippen LogP contribution >= 0.6 is 0 Å². The van der Waals surface area contributed by atoms with Crippen LogP contribution in [0.15, 0.2) is 0 Å². The summed E-state index contributed by atoms with van der Waals surface area (Å²) in [5.41, 5.74) is 1.59. The number of nitrogens with one attached hydrogen (secondary N) is 1. The van der Waals surface area contributed by atoms with Crippen LogP contribution < -0.4 is 5.32 Å². The second-order valence-electron chi connectivity index (χ2n) is 4.60. The van der Waals surface area contributed by atoms with Gasteiger partial charge >= 0.3 is 5.97 Å². The van der Waals surface area contributed by atoms with Crippen molar-refractivity contribution in [3.8, 4) is 0 Å². The van der Waals surface area contributed by atoms with Gasteiger partial charge in [-0.2, -0.15) is 5.10 Å². The molecule has 2 rings (SSSR count). The van der Waals surface area contributed by atoms with E-state index in [0.717, 1.165) is 18.9 Å². The predicted molar refractivity (Wildman–Crippen MR) is 64.3 cm³/mol. The molecule has 0 radical (unpaired) electrons. The number of aryl methyl sites for hydroxylation is 1. The van der Waals surface area contributed by atoms with E-state index in [1.807, 2.05) is 0 Å². The van der Waals surface area contributed by atoms with Gasteiger partial charge in [-0.3, -0.25) is 0 Å². The van der Waals surface area contributed by atoms with Crippen molar-refractivity contribution in [1.29, 1.82) is 0 Å². The average molecular weight is 235 g/mol. The fraction of sp³-hybridized carbons (Fsp3) is 0.583. The minimum Gasteiger partial charge on any atom is -0.478 e. The molecule has 92 valence electrons. The van der Waals surface area contributed by atoms with Crippen LogP contribution in [0.2, 0.25) is 0 Å². The highest BCUT2D eigenvalue weighted by Crippen LogP contribution is 2.32. The number of anilines is 1. The number of carboxylic acid groups (broad SMARTS) is 1. The summed E-state index contributed by atoms with van der Waals surface area (Å²) in [5.74, 6) is 0.256. The molecule has 0 saturated heterocycles. The molecular formula is C12H17N3O2. The van der Waals surface area contributed by atoms with Crippen LogP contribution in [0.1, 0.15) is 40.9 Å². The van der Waals surface area contributed by atoms with Crippen molar-refractivity contribution in [2.45, 2.75) is 33.1 Å². The average Bonchev–Trinajstić information content (AvgIpc) is 3.07.